The molecule has 1 aromatic rings. The number of nitrogens with one attached hydrogen (secondary N) is 1. The van der Waals surface area contributed by atoms with Gasteiger partial charge >= 0.3 is 5.00 Å². The summed E-state index contributed by atoms with van der Waals surface area (Å²) in [6, 6.07) is 2.36. The summed E-state index contributed by atoms with van der Waals surface area (Å²) < 4.78 is 0. The van der Waals surface area contributed by atoms with Crippen LogP contribution in [0.4, 0.5) is 5.00 Å². The first kappa shape index (κ1) is 12.8. The van der Waals surface area contributed by atoms with Crippen molar-refractivity contribution in [3.05, 3.63) is 27.1 Å². The number of hydrogen-bond acceptors (Lipinski definition) is 4. The first-order valence-electron chi connectivity index (χ1n) is 7.67. The van der Waals surface area contributed by atoms with Gasteiger partial charge in [0.05, 0.1) is 4.92 Å². The van der Waals surface area contributed by atoms with Crippen molar-refractivity contribution < 1.29 is 4.92 Å². The zero-order valence-corrected chi connectivity index (χ0v) is 12.3. The first-order valence-corrected chi connectivity index (χ1v) is 8.55. The fraction of sp³-hybridized carbons (Fsp3) is 0.733. The highest BCUT2D eigenvalue weighted by molar-refractivity contribution is 7.13. The maximum Gasteiger partial charge on any atom is 0.324 e. The van der Waals surface area contributed by atoms with Gasteiger partial charge in [0.25, 0.3) is 0 Å². The van der Waals surface area contributed by atoms with Gasteiger partial charge in [0.1, 0.15) is 0 Å². The highest BCUT2D eigenvalue weighted by atomic mass is 32.1. The van der Waals surface area contributed by atoms with Crippen molar-refractivity contribution in [2.45, 2.75) is 44.7 Å². The van der Waals surface area contributed by atoms with Crippen LogP contribution in [0.25, 0.3) is 0 Å². The summed E-state index contributed by atoms with van der Waals surface area (Å²) in [4.78, 5) is 10.4. The first-order chi connectivity index (χ1) is 9.72. The van der Waals surface area contributed by atoms with Crippen LogP contribution < -0.4 is 5.32 Å². The molecule has 1 N–H and O–H groups in total. The minimum absolute atomic E-state index is 0.255. The van der Waals surface area contributed by atoms with E-state index >= 15 is 0 Å². The molecular weight excluding hydrogens is 272 g/mol. The molecule has 1 heterocycles. The Kier molecular flexibility index (Phi) is 3.07. The van der Waals surface area contributed by atoms with Crippen LogP contribution >= 0.6 is 11.3 Å². The van der Waals surface area contributed by atoms with Crippen LogP contribution in [0, 0.1) is 33.8 Å². The number of thiophene rings is 1. The Morgan fingerprint density at radius 2 is 2.15 bits per heavy atom. The van der Waals surface area contributed by atoms with Crippen molar-refractivity contribution in [1.29, 1.82) is 0 Å². The molecule has 3 aliphatic carbocycles. The van der Waals surface area contributed by atoms with E-state index in [4.69, 9.17) is 0 Å². The quantitative estimate of drug-likeness (QED) is 0.682. The maximum absolute atomic E-state index is 10.7. The molecule has 5 unspecified atom stereocenters. The molecule has 4 rings (SSSR count). The van der Waals surface area contributed by atoms with Gasteiger partial charge in [-0.1, -0.05) is 17.8 Å². The second-order valence-corrected chi connectivity index (χ2v) is 7.58. The highest BCUT2D eigenvalue weighted by Gasteiger charge is 2.53. The summed E-state index contributed by atoms with van der Waals surface area (Å²) in [6.07, 6.45) is 7.10. The Labute approximate surface area is 122 Å². The molecule has 5 heteroatoms. The Morgan fingerprint density at radius 3 is 2.95 bits per heavy atom. The lowest BCUT2D eigenvalue weighted by Crippen LogP contribution is -2.38. The largest absolute Gasteiger partial charge is 0.324 e. The van der Waals surface area contributed by atoms with Gasteiger partial charge in [0.2, 0.25) is 0 Å². The van der Waals surface area contributed by atoms with E-state index in [1.165, 1.54) is 43.4 Å². The highest BCUT2D eigenvalue weighted by Crippen LogP contribution is 2.58. The molecule has 0 saturated heterocycles. The molecule has 1 aromatic heterocycles. The van der Waals surface area contributed by atoms with Gasteiger partial charge < -0.3 is 5.32 Å². The van der Waals surface area contributed by atoms with Gasteiger partial charge in [0.15, 0.2) is 0 Å². The number of rotatable bonds is 4. The second-order valence-electron chi connectivity index (χ2n) is 6.69. The summed E-state index contributed by atoms with van der Waals surface area (Å²) >= 11 is 1.23. The van der Waals surface area contributed by atoms with Gasteiger partial charge in [-0.3, -0.25) is 10.1 Å². The fourth-order valence-corrected chi connectivity index (χ4v) is 5.83. The molecular formula is C15H20N2O2S. The van der Waals surface area contributed by atoms with Crippen LogP contribution in [-0.4, -0.2) is 11.0 Å². The van der Waals surface area contributed by atoms with E-state index in [9.17, 15) is 10.1 Å². The number of nitrogens with zero attached hydrogens (tertiary/aromatic N) is 1. The number of hydrogen-bond donors (Lipinski definition) is 1. The van der Waals surface area contributed by atoms with Gasteiger partial charge in [-0.25, -0.2) is 0 Å². The van der Waals surface area contributed by atoms with E-state index in [1.807, 2.05) is 5.38 Å². The Morgan fingerprint density at radius 1 is 1.30 bits per heavy atom. The van der Waals surface area contributed by atoms with Gasteiger partial charge in [-0.05, 0) is 54.9 Å². The molecule has 2 bridgehead atoms. The molecule has 0 spiro atoms. The topological polar surface area (TPSA) is 55.2 Å². The predicted molar refractivity (Wildman–Crippen MR) is 78.6 cm³/mol. The molecule has 4 nitrogen and oxygen atoms in total. The van der Waals surface area contributed by atoms with Crippen molar-refractivity contribution in [3.63, 3.8) is 0 Å². The Hall–Kier alpha value is -0.940. The maximum atomic E-state index is 10.7. The normalized spacial score (nSPS) is 38.3. The van der Waals surface area contributed by atoms with Crippen LogP contribution in [0.3, 0.4) is 0 Å². The average molecular weight is 292 g/mol. The van der Waals surface area contributed by atoms with Crippen molar-refractivity contribution >= 4 is 16.3 Å². The summed E-state index contributed by atoms with van der Waals surface area (Å²) in [7, 11) is 0. The average Bonchev–Trinajstić information content (AvgIpc) is 3.17. The van der Waals surface area contributed by atoms with E-state index in [-0.39, 0.29) is 9.92 Å². The third-order valence-electron chi connectivity index (χ3n) is 5.82. The summed E-state index contributed by atoms with van der Waals surface area (Å²) in [5, 5.41) is 16.5. The zero-order chi connectivity index (χ0) is 13.7. The summed E-state index contributed by atoms with van der Waals surface area (Å²) in [6.45, 7) is 0.787. The Bertz CT molecular complexity index is 530. The molecule has 3 aliphatic rings. The standard InChI is InChI=1S/C15H20N2O2S/c18-17(19)15-4-9(8-20-15)7-16-14-6-10-5-13(14)12-3-1-2-11(10)12/h4,8,10-14,16H,1-3,5-7H2. The zero-order valence-electron chi connectivity index (χ0n) is 11.5. The van der Waals surface area contributed by atoms with Crippen LogP contribution in [0.1, 0.15) is 37.7 Å². The molecule has 3 fully saturated rings. The molecule has 0 amide bonds. The van der Waals surface area contributed by atoms with E-state index in [2.05, 4.69) is 5.32 Å². The van der Waals surface area contributed by atoms with Crippen LogP contribution in [0.2, 0.25) is 0 Å². The smallest absolute Gasteiger partial charge is 0.310 e. The van der Waals surface area contributed by atoms with Crippen molar-refractivity contribution in [2.75, 3.05) is 0 Å². The lowest BCUT2D eigenvalue weighted by atomic mass is 9.79. The summed E-state index contributed by atoms with van der Waals surface area (Å²) in [5.41, 5.74) is 1.06. The number of nitro groups is 1. The monoisotopic (exact) mass is 292 g/mol. The van der Waals surface area contributed by atoms with E-state index in [0.717, 1.165) is 35.8 Å². The predicted octanol–water partition coefficient (Wildman–Crippen LogP) is 3.57. The molecule has 20 heavy (non-hydrogen) atoms. The minimum atomic E-state index is -0.297. The lowest BCUT2D eigenvalue weighted by molar-refractivity contribution is -0.380. The minimum Gasteiger partial charge on any atom is -0.310 e. The molecule has 0 aromatic carbocycles. The lowest BCUT2D eigenvalue weighted by Gasteiger charge is -2.32. The van der Waals surface area contributed by atoms with Crippen molar-refractivity contribution in [1.82, 2.24) is 5.32 Å². The van der Waals surface area contributed by atoms with Crippen molar-refractivity contribution in [2.24, 2.45) is 23.7 Å². The van der Waals surface area contributed by atoms with Gasteiger partial charge in [-0.15, -0.1) is 0 Å². The molecule has 0 radical (unpaired) electrons. The van der Waals surface area contributed by atoms with E-state index < -0.39 is 0 Å². The van der Waals surface area contributed by atoms with Crippen LogP contribution in [0.5, 0.6) is 0 Å². The number of fused-ring (bicyclic) bond motifs is 5. The molecule has 0 aliphatic heterocycles. The fourth-order valence-electron chi connectivity index (χ4n) is 5.10. The van der Waals surface area contributed by atoms with Crippen molar-refractivity contribution in [3.8, 4) is 0 Å². The molecule has 3 saturated carbocycles. The van der Waals surface area contributed by atoms with Crippen LogP contribution in [0.15, 0.2) is 11.4 Å². The second kappa shape index (κ2) is 4.81. The van der Waals surface area contributed by atoms with Gasteiger partial charge in [-0.2, -0.15) is 0 Å². The molecule has 5 atom stereocenters. The third kappa shape index (κ3) is 1.99. The molecule has 108 valence electrons. The SMILES string of the molecule is O=[N+]([O-])c1cc(CNC2CC3CC2C2CCCC32)cs1. The third-order valence-corrected chi connectivity index (χ3v) is 6.75. The van der Waals surface area contributed by atoms with Crippen LogP contribution in [-0.2, 0) is 6.54 Å². The summed E-state index contributed by atoms with van der Waals surface area (Å²) in [5.74, 6) is 3.84. The van der Waals surface area contributed by atoms with Gasteiger partial charge in [0, 0.05) is 24.0 Å². The Balaban J connectivity index is 1.37. The van der Waals surface area contributed by atoms with E-state index in [0.29, 0.717) is 6.04 Å². The van der Waals surface area contributed by atoms with E-state index in [1.54, 1.807) is 6.07 Å².